The van der Waals surface area contributed by atoms with Crippen molar-refractivity contribution in [3.05, 3.63) is 200 Å². The van der Waals surface area contributed by atoms with Crippen LogP contribution in [-0.4, -0.2) is 9.13 Å². The molecule has 262 valence electrons. The predicted octanol–water partition coefficient (Wildman–Crippen LogP) is 13.9. The molecule has 56 heavy (non-hydrogen) atoms. The molecule has 0 amide bonds. The van der Waals surface area contributed by atoms with Gasteiger partial charge in [0.25, 0.3) is 0 Å². The van der Waals surface area contributed by atoms with E-state index < -0.39 is 0 Å². The van der Waals surface area contributed by atoms with Gasteiger partial charge in [0, 0.05) is 32.8 Å². The third-order valence-corrected chi connectivity index (χ3v) is 11.8. The van der Waals surface area contributed by atoms with Crippen LogP contribution in [0.3, 0.4) is 0 Å². The van der Waals surface area contributed by atoms with Gasteiger partial charge in [-0.05, 0) is 105 Å². The molecule has 0 unspecified atom stereocenters. The Balaban J connectivity index is 1.07. The van der Waals surface area contributed by atoms with Crippen molar-refractivity contribution < 1.29 is 4.74 Å². The van der Waals surface area contributed by atoms with Gasteiger partial charge in [0.1, 0.15) is 12.4 Å². The van der Waals surface area contributed by atoms with Crippen LogP contribution in [0.15, 0.2) is 194 Å². The molecule has 0 saturated heterocycles. The fourth-order valence-corrected chi connectivity index (χ4v) is 9.16. The topological polar surface area (TPSA) is 19.1 Å². The van der Waals surface area contributed by atoms with Gasteiger partial charge in [-0.25, -0.2) is 0 Å². The van der Waals surface area contributed by atoms with Gasteiger partial charge in [-0.15, -0.1) is 0 Å². The Morgan fingerprint density at radius 2 is 1.04 bits per heavy atom. The number of ether oxygens (including phenoxy) is 1. The highest BCUT2D eigenvalue weighted by Gasteiger charge is 2.24. The summed E-state index contributed by atoms with van der Waals surface area (Å²) in [4.78, 5) is 0. The van der Waals surface area contributed by atoms with Crippen molar-refractivity contribution in [2.75, 3.05) is 0 Å². The third kappa shape index (κ3) is 4.64. The first-order valence-electron chi connectivity index (χ1n) is 19.3. The summed E-state index contributed by atoms with van der Waals surface area (Å²) in [7, 11) is 0. The Kier molecular flexibility index (Phi) is 6.69. The molecule has 1 aliphatic rings. The van der Waals surface area contributed by atoms with E-state index in [1.54, 1.807) is 0 Å². The standard InChI is InChI=1S/C53H34N2O/c1-2-11-34(12-3-1)37-23-27-48-46(30-37)44-26-22-39(32-51(44)54(48)41-25-21-35-13-4-5-14-36(35)29-41)38-24-28-49-45(31-38)43-17-8-9-18-47(43)55(49)50-19-10-20-52-53(50)42-16-7-6-15-40(42)33-56-52/h1-32H,33H2. The van der Waals surface area contributed by atoms with Crippen LogP contribution >= 0.6 is 0 Å². The van der Waals surface area contributed by atoms with E-state index in [1.165, 1.54) is 87.8 Å². The monoisotopic (exact) mass is 714 g/mol. The maximum Gasteiger partial charge on any atom is 0.129 e. The smallest absolute Gasteiger partial charge is 0.129 e. The highest BCUT2D eigenvalue weighted by Crippen LogP contribution is 2.45. The molecule has 2 aromatic heterocycles. The van der Waals surface area contributed by atoms with Crippen molar-refractivity contribution >= 4 is 54.4 Å². The molecule has 0 saturated carbocycles. The Morgan fingerprint density at radius 1 is 0.375 bits per heavy atom. The number of hydrogen-bond donors (Lipinski definition) is 0. The summed E-state index contributed by atoms with van der Waals surface area (Å²) in [6.45, 7) is 0.585. The number of rotatable bonds is 4. The van der Waals surface area contributed by atoms with E-state index in [9.17, 15) is 0 Å². The Bertz CT molecular complexity index is 3370. The van der Waals surface area contributed by atoms with E-state index in [-0.39, 0.29) is 0 Å². The maximum absolute atomic E-state index is 6.32. The van der Waals surface area contributed by atoms with Gasteiger partial charge in [0.2, 0.25) is 0 Å². The lowest BCUT2D eigenvalue weighted by molar-refractivity contribution is 0.302. The van der Waals surface area contributed by atoms with Crippen molar-refractivity contribution in [3.63, 3.8) is 0 Å². The molecular formula is C53H34N2O. The molecule has 0 bridgehead atoms. The van der Waals surface area contributed by atoms with Gasteiger partial charge < -0.3 is 13.9 Å². The van der Waals surface area contributed by atoms with Crippen LogP contribution in [0.25, 0.3) is 99.1 Å². The Morgan fingerprint density at radius 3 is 1.91 bits per heavy atom. The molecule has 11 aromatic rings. The normalized spacial score (nSPS) is 12.4. The molecule has 9 aromatic carbocycles. The van der Waals surface area contributed by atoms with E-state index in [1.807, 2.05) is 0 Å². The molecule has 0 aliphatic carbocycles. The van der Waals surface area contributed by atoms with E-state index in [4.69, 9.17) is 4.74 Å². The molecule has 0 radical (unpaired) electrons. The van der Waals surface area contributed by atoms with E-state index >= 15 is 0 Å². The molecule has 0 N–H and O–H groups in total. The largest absolute Gasteiger partial charge is 0.488 e. The highest BCUT2D eigenvalue weighted by atomic mass is 16.5. The van der Waals surface area contributed by atoms with Crippen molar-refractivity contribution in [2.45, 2.75) is 6.61 Å². The van der Waals surface area contributed by atoms with Crippen molar-refractivity contribution in [1.82, 2.24) is 9.13 Å². The van der Waals surface area contributed by atoms with Crippen LogP contribution in [0.4, 0.5) is 0 Å². The van der Waals surface area contributed by atoms with Crippen LogP contribution in [0, 0.1) is 0 Å². The summed E-state index contributed by atoms with van der Waals surface area (Å²) in [6, 6.07) is 70.8. The highest BCUT2D eigenvalue weighted by molar-refractivity contribution is 6.13. The fraction of sp³-hybridized carbons (Fsp3) is 0.0189. The molecule has 0 atom stereocenters. The zero-order chi connectivity index (χ0) is 36.7. The number of benzene rings is 9. The second kappa shape index (κ2) is 12.1. The number of fused-ring (bicyclic) bond motifs is 10. The molecule has 1 aliphatic heterocycles. The van der Waals surface area contributed by atoms with Gasteiger partial charge in [0.05, 0.1) is 27.8 Å². The average molecular weight is 715 g/mol. The van der Waals surface area contributed by atoms with E-state index in [0.717, 1.165) is 22.7 Å². The lowest BCUT2D eigenvalue weighted by Gasteiger charge is -2.24. The summed E-state index contributed by atoms with van der Waals surface area (Å²) < 4.78 is 11.2. The number of hydrogen-bond acceptors (Lipinski definition) is 1. The molecular weight excluding hydrogens is 681 g/mol. The maximum atomic E-state index is 6.32. The summed E-state index contributed by atoms with van der Waals surface area (Å²) in [5.41, 5.74) is 15.4. The lowest BCUT2D eigenvalue weighted by Crippen LogP contribution is -2.08. The first kappa shape index (κ1) is 31.0. The van der Waals surface area contributed by atoms with Crippen molar-refractivity contribution in [2.24, 2.45) is 0 Å². The second-order valence-electron chi connectivity index (χ2n) is 14.9. The fourth-order valence-electron chi connectivity index (χ4n) is 9.16. The Labute approximate surface area is 323 Å². The summed E-state index contributed by atoms with van der Waals surface area (Å²) >= 11 is 0. The van der Waals surface area contributed by atoms with Gasteiger partial charge in [-0.3, -0.25) is 0 Å². The zero-order valence-electron chi connectivity index (χ0n) is 30.5. The molecule has 3 heteroatoms. The minimum atomic E-state index is 0.585. The minimum Gasteiger partial charge on any atom is -0.488 e. The van der Waals surface area contributed by atoms with Crippen LogP contribution in [0.2, 0.25) is 0 Å². The minimum absolute atomic E-state index is 0.585. The molecule has 12 rings (SSSR count). The van der Waals surface area contributed by atoms with Crippen molar-refractivity contribution in [1.29, 1.82) is 0 Å². The first-order valence-corrected chi connectivity index (χ1v) is 19.3. The van der Waals surface area contributed by atoms with Gasteiger partial charge in [0.15, 0.2) is 0 Å². The molecule has 0 spiro atoms. The van der Waals surface area contributed by atoms with Gasteiger partial charge in [-0.1, -0.05) is 133 Å². The van der Waals surface area contributed by atoms with E-state index in [0.29, 0.717) is 6.61 Å². The van der Waals surface area contributed by atoms with Crippen LogP contribution < -0.4 is 4.74 Å². The van der Waals surface area contributed by atoms with Crippen LogP contribution in [0.5, 0.6) is 5.75 Å². The molecule has 3 heterocycles. The van der Waals surface area contributed by atoms with Crippen LogP contribution in [-0.2, 0) is 6.61 Å². The van der Waals surface area contributed by atoms with E-state index in [2.05, 4.69) is 203 Å². The summed E-state index contributed by atoms with van der Waals surface area (Å²) in [6.07, 6.45) is 0. The summed E-state index contributed by atoms with van der Waals surface area (Å²) in [5.74, 6) is 0.926. The molecule has 3 nitrogen and oxygen atoms in total. The molecule has 0 fully saturated rings. The van der Waals surface area contributed by atoms with Crippen LogP contribution in [0.1, 0.15) is 5.56 Å². The number of nitrogens with zero attached hydrogens (tertiary/aromatic N) is 2. The average Bonchev–Trinajstić information content (AvgIpc) is 3.78. The van der Waals surface area contributed by atoms with Gasteiger partial charge >= 0.3 is 0 Å². The predicted molar refractivity (Wildman–Crippen MR) is 233 cm³/mol. The van der Waals surface area contributed by atoms with Crippen molar-refractivity contribution in [3.8, 4) is 50.5 Å². The van der Waals surface area contributed by atoms with Gasteiger partial charge in [-0.2, -0.15) is 0 Å². The first-order chi connectivity index (χ1) is 27.8. The zero-order valence-corrected chi connectivity index (χ0v) is 30.5. The second-order valence-corrected chi connectivity index (χ2v) is 14.9. The SMILES string of the molecule is c1ccc(-c2ccc3c(c2)c2ccc(-c4ccc5c(c4)c4ccccc4n5-c4cccc5c4-c4ccccc4CO5)cc2n3-c2ccc3ccccc3c2)cc1. The Hall–Kier alpha value is -7.36. The summed E-state index contributed by atoms with van der Waals surface area (Å²) in [5, 5.41) is 7.41. The third-order valence-electron chi connectivity index (χ3n) is 11.8. The quantitative estimate of drug-likeness (QED) is 0.178. The number of aromatic nitrogens is 2. The number of para-hydroxylation sites is 1. The lowest BCUT2D eigenvalue weighted by atomic mass is 9.95.